The number of carbonyl (C=O) groups excluding carboxylic acids is 1. The summed E-state index contributed by atoms with van der Waals surface area (Å²) in [5.74, 6) is -0.0383. The summed E-state index contributed by atoms with van der Waals surface area (Å²) in [6.07, 6.45) is 1.43. The van der Waals surface area contributed by atoms with Gasteiger partial charge in [-0.2, -0.15) is 0 Å². The van der Waals surface area contributed by atoms with Gasteiger partial charge in [0.1, 0.15) is 5.58 Å². The molecule has 2 heterocycles. The Hall–Kier alpha value is -2.33. The van der Waals surface area contributed by atoms with Crippen LogP contribution in [0.5, 0.6) is 0 Å². The molecule has 3 rings (SSSR count). The van der Waals surface area contributed by atoms with E-state index in [9.17, 15) is 9.59 Å². The first-order valence-corrected chi connectivity index (χ1v) is 6.39. The van der Waals surface area contributed by atoms with E-state index in [2.05, 4.69) is 0 Å². The van der Waals surface area contributed by atoms with Gasteiger partial charge in [0.05, 0.1) is 11.6 Å². The van der Waals surface area contributed by atoms with Gasteiger partial charge in [0.15, 0.2) is 5.76 Å². The standard InChI is InChI=1S/C15H10ClNO3/c16-11-5-6-15(19)17(8-11)9-12(18)14-7-10-3-1-2-4-13(10)20-14/h1-8H,9H2. The average molecular weight is 288 g/mol. The van der Waals surface area contributed by atoms with E-state index in [1.54, 1.807) is 12.1 Å². The molecule has 0 saturated heterocycles. The Morgan fingerprint density at radius 2 is 2.00 bits per heavy atom. The number of halogens is 1. The van der Waals surface area contributed by atoms with Crippen LogP contribution < -0.4 is 5.56 Å². The molecular weight excluding hydrogens is 278 g/mol. The van der Waals surface area contributed by atoms with Crippen LogP contribution in [0.2, 0.25) is 5.02 Å². The molecule has 0 bridgehead atoms. The zero-order chi connectivity index (χ0) is 14.1. The smallest absolute Gasteiger partial charge is 0.251 e. The van der Waals surface area contributed by atoms with Crippen molar-refractivity contribution in [3.8, 4) is 0 Å². The number of carbonyl (C=O) groups is 1. The molecule has 0 unspecified atom stereocenters. The fourth-order valence-corrected chi connectivity index (χ4v) is 2.16. The molecule has 0 atom stereocenters. The molecule has 3 aromatic rings. The van der Waals surface area contributed by atoms with Crippen LogP contribution in [0.25, 0.3) is 11.0 Å². The summed E-state index contributed by atoms with van der Waals surface area (Å²) in [4.78, 5) is 23.8. The third-order valence-corrected chi connectivity index (χ3v) is 3.19. The Morgan fingerprint density at radius 1 is 1.20 bits per heavy atom. The highest BCUT2D eigenvalue weighted by Crippen LogP contribution is 2.19. The molecule has 1 aromatic carbocycles. The Balaban J connectivity index is 1.92. The van der Waals surface area contributed by atoms with Gasteiger partial charge < -0.3 is 8.98 Å². The number of fused-ring (bicyclic) bond motifs is 1. The minimum absolute atomic E-state index is 0.0980. The van der Waals surface area contributed by atoms with Crippen molar-refractivity contribution in [1.29, 1.82) is 0 Å². The molecule has 0 aliphatic heterocycles. The highest BCUT2D eigenvalue weighted by molar-refractivity contribution is 6.30. The van der Waals surface area contributed by atoms with Crippen LogP contribution >= 0.6 is 11.6 Å². The molecule has 0 aliphatic rings. The van der Waals surface area contributed by atoms with Gasteiger partial charge in [-0.25, -0.2) is 0 Å². The van der Waals surface area contributed by atoms with E-state index in [0.29, 0.717) is 10.6 Å². The lowest BCUT2D eigenvalue weighted by atomic mass is 10.2. The van der Waals surface area contributed by atoms with Gasteiger partial charge in [-0.3, -0.25) is 9.59 Å². The van der Waals surface area contributed by atoms with E-state index in [4.69, 9.17) is 16.0 Å². The van der Waals surface area contributed by atoms with Gasteiger partial charge in [0, 0.05) is 17.6 Å². The van der Waals surface area contributed by atoms with E-state index in [-0.39, 0.29) is 23.6 Å². The Labute approximate surface area is 119 Å². The lowest BCUT2D eigenvalue weighted by Gasteiger charge is -2.03. The molecule has 0 radical (unpaired) electrons. The van der Waals surface area contributed by atoms with Crippen LogP contribution in [0.4, 0.5) is 0 Å². The number of nitrogens with zero attached hydrogens (tertiary/aromatic N) is 1. The van der Waals surface area contributed by atoms with E-state index in [1.165, 1.54) is 22.9 Å². The molecule has 4 nitrogen and oxygen atoms in total. The largest absolute Gasteiger partial charge is 0.453 e. The second-order valence-corrected chi connectivity index (χ2v) is 4.82. The third-order valence-electron chi connectivity index (χ3n) is 2.96. The number of benzene rings is 1. The number of rotatable bonds is 3. The summed E-state index contributed by atoms with van der Waals surface area (Å²) in [7, 11) is 0. The first kappa shape index (κ1) is 12.7. The van der Waals surface area contributed by atoms with Crippen molar-refractivity contribution in [2.45, 2.75) is 6.54 Å². The minimum atomic E-state index is -0.279. The van der Waals surface area contributed by atoms with Crippen molar-refractivity contribution in [3.05, 3.63) is 69.8 Å². The Kier molecular flexibility index (Phi) is 3.16. The fourth-order valence-electron chi connectivity index (χ4n) is 1.98. The van der Waals surface area contributed by atoms with Gasteiger partial charge in [0.25, 0.3) is 5.56 Å². The lowest BCUT2D eigenvalue weighted by Crippen LogP contribution is -2.22. The number of aromatic nitrogens is 1. The van der Waals surface area contributed by atoms with Crippen molar-refractivity contribution in [2.75, 3.05) is 0 Å². The highest BCUT2D eigenvalue weighted by atomic mass is 35.5. The highest BCUT2D eigenvalue weighted by Gasteiger charge is 2.13. The van der Waals surface area contributed by atoms with Gasteiger partial charge in [-0.15, -0.1) is 0 Å². The van der Waals surface area contributed by atoms with Gasteiger partial charge in [0.2, 0.25) is 5.78 Å². The summed E-state index contributed by atoms with van der Waals surface area (Å²) >= 11 is 5.82. The maximum absolute atomic E-state index is 12.2. The number of furan rings is 1. The molecule has 0 fully saturated rings. The number of para-hydroxylation sites is 1. The van der Waals surface area contributed by atoms with Crippen molar-refractivity contribution >= 4 is 28.4 Å². The lowest BCUT2D eigenvalue weighted by molar-refractivity contribution is 0.0946. The fraction of sp³-hybridized carbons (Fsp3) is 0.0667. The van der Waals surface area contributed by atoms with Crippen molar-refractivity contribution in [3.63, 3.8) is 0 Å². The molecule has 0 aliphatic carbocycles. The van der Waals surface area contributed by atoms with Crippen LogP contribution in [0.3, 0.4) is 0 Å². The van der Waals surface area contributed by atoms with Crippen LogP contribution in [-0.4, -0.2) is 10.4 Å². The number of pyridine rings is 1. The maximum Gasteiger partial charge on any atom is 0.251 e. The first-order chi connectivity index (χ1) is 9.63. The quantitative estimate of drug-likeness (QED) is 0.695. The van der Waals surface area contributed by atoms with E-state index in [1.807, 2.05) is 18.2 Å². The zero-order valence-corrected chi connectivity index (χ0v) is 11.1. The number of Topliss-reactive ketones (excluding diaryl/α,β-unsaturated/α-hetero) is 1. The maximum atomic E-state index is 12.2. The van der Waals surface area contributed by atoms with Crippen LogP contribution in [0.1, 0.15) is 10.6 Å². The molecule has 100 valence electrons. The topological polar surface area (TPSA) is 52.2 Å². The number of hydrogen-bond donors (Lipinski definition) is 0. The summed E-state index contributed by atoms with van der Waals surface area (Å²) in [6, 6.07) is 11.8. The van der Waals surface area contributed by atoms with Gasteiger partial charge in [-0.05, 0) is 18.2 Å². The predicted molar refractivity (Wildman–Crippen MR) is 76.3 cm³/mol. The molecule has 0 spiro atoms. The number of ketones is 1. The van der Waals surface area contributed by atoms with Crippen molar-refractivity contribution < 1.29 is 9.21 Å². The molecule has 5 heteroatoms. The number of hydrogen-bond acceptors (Lipinski definition) is 3. The van der Waals surface area contributed by atoms with Gasteiger partial charge >= 0.3 is 0 Å². The molecule has 0 N–H and O–H groups in total. The predicted octanol–water partition coefficient (Wildman–Crippen LogP) is 3.13. The second-order valence-electron chi connectivity index (χ2n) is 4.39. The van der Waals surface area contributed by atoms with E-state index >= 15 is 0 Å². The summed E-state index contributed by atoms with van der Waals surface area (Å²) < 4.78 is 6.74. The molecule has 0 amide bonds. The average Bonchev–Trinajstić information content (AvgIpc) is 2.87. The summed E-state index contributed by atoms with van der Waals surface area (Å²) in [5.41, 5.74) is 0.369. The van der Waals surface area contributed by atoms with Crippen LogP contribution in [0.15, 0.2) is 57.9 Å². The van der Waals surface area contributed by atoms with Crippen molar-refractivity contribution in [1.82, 2.24) is 4.57 Å². The third kappa shape index (κ3) is 2.38. The Morgan fingerprint density at radius 3 is 2.80 bits per heavy atom. The SMILES string of the molecule is O=C(Cn1cc(Cl)ccc1=O)c1cc2ccccc2o1. The molecular formula is C15H10ClNO3. The minimum Gasteiger partial charge on any atom is -0.453 e. The second kappa shape index (κ2) is 4.98. The van der Waals surface area contributed by atoms with Gasteiger partial charge in [-0.1, -0.05) is 29.8 Å². The molecule has 20 heavy (non-hydrogen) atoms. The normalized spacial score (nSPS) is 10.8. The first-order valence-electron chi connectivity index (χ1n) is 6.01. The van der Waals surface area contributed by atoms with E-state index in [0.717, 1.165) is 5.39 Å². The van der Waals surface area contributed by atoms with Crippen LogP contribution in [-0.2, 0) is 6.54 Å². The summed E-state index contributed by atoms with van der Waals surface area (Å²) in [6.45, 7) is -0.0980. The monoisotopic (exact) mass is 287 g/mol. The molecule has 2 aromatic heterocycles. The zero-order valence-electron chi connectivity index (χ0n) is 10.4. The van der Waals surface area contributed by atoms with Crippen molar-refractivity contribution in [2.24, 2.45) is 0 Å². The van der Waals surface area contributed by atoms with E-state index < -0.39 is 0 Å². The van der Waals surface area contributed by atoms with Crippen LogP contribution in [0, 0.1) is 0 Å². The Bertz CT molecular complexity index is 814. The summed E-state index contributed by atoms with van der Waals surface area (Å²) in [5, 5.41) is 1.26. The molecule has 0 saturated carbocycles.